The number of carbonyl (C=O) groups excluding carboxylic acids is 2. The van der Waals surface area contributed by atoms with Gasteiger partial charge >= 0.3 is 0 Å². The fourth-order valence-electron chi connectivity index (χ4n) is 3.32. The predicted octanol–water partition coefficient (Wildman–Crippen LogP) is 3.70. The molecule has 0 saturated carbocycles. The number of rotatable bonds is 5. The largest absolute Gasteiger partial charge is 0.347 e. The van der Waals surface area contributed by atoms with Crippen LogP contribution in [0, 0.1) is 5.92 Å². The van der Waals surface area contributed by atoms with Crippen LogP contribution in [0.15, 0.2) is 41.8 Å². The fraction of sp³-hybridized carbons (Fsp3) is 0.400. The van der Waals surface area contributed by atoms with Crippen molar-refractivity contribution in [2.24, 2.45) is 5.92 Å². The third kappa shape index (κ3) is 4.10. The normalized spacial score (nSPS) is 17.6. The van der Waals surface area contributed by atoms with E-state index in [1.165, 1.54) is 22.5 Å². The Hall–Kier alpha value is -2.14. The molecule has 4 nitrogen and oxygen atoms in total. The van der Waals surface area contributed by atoms with E-state index in [1.54, 1.807) is 6.07 Å². The van der Waals surface area contributed by atoms with E-state index in [0.717, 1.165) is 19.3 Å². The molecule has 0 radical (unpaired) electrons. The van der Waals surface area contributed by atoms with Crippen molar-refractivity contribution >= 4 is 23.2 Å². The Morgan fingerprint density at radius 3 is 2.68 bits per heavy atom. The molecule has 1 aromatic carbocycles. The molecule has 0 aliphatic heterocycles. The molecule has 5 heteroatoms. The Bertz CT molecular complexity index is 740. The summed E-state index contributed by atoms with van der Waals surface area (Å²) in [4.78, 5) is 25.8. The van der Waals surface area contributed by atoms with Crippen molar-refractivity contribution in [1.82, 2.24) is 10.6 Å². The summed E-state index contributed by atoms with van der Waals surface area (Å²) in [6.07, 6.45) is 3.06. The number of hydrogen-bond acceptors (Lipinski definition) is 3. The first-order valence-corrected chi connectivity index (χ1v) is 9.66. The first-order valence-electron chi connectivity index (χ1n) is 8.79. The van der Waals surface area contributed by atoms with Crippen molar-refractivity contribution in [2.75, 3.05) is 0 Å². The molecule has 1 aliphatic carbocycles. The Morgan fingerprint density at radius 2 is 1.96 bits per heavy atom. The maximum atomic E-state index is 12.8. The summed E-state index contributed by atoms with van der Waals surface area (Å²) in [6, 6.07) is 11.4. The van der Waals surface area contributed by atoms with Gasteiger partial charge in [0.05, 0.1) is 10.9 Å². The van der Waals surface area contributed by atoms with Gasteiger partial charge in [-0.3, -0.25) is 9.59 Å². The number of nitrogens with one attached hydrogen (secondary N) is 2. The second-order valence-corrected chi connectivity index (χ2v) is 7.77. The number of benzene rings is 1. The lowest BCUT2D eigenvalue weighted by molar-refractivity contribution is -0.124. The zero-order chi connectivity index (χ0) is 17.8. The van der Waals surface area contributed by atoms with Gasteiger partial charge in [0.1, 0.15) is 6.04 Å². The van der Waals surface area contributed by atoms with Crippen molar-refractivity contribution in [3.63, 3.8) is 0 Å². The monoisotopic (exact) mass is 356 g/mol. The molecule has 2 atom stereocenters. The number of hydrogen-bond donors (Lipinski definition) is 2. The summed E-state index contributed by atoms with van der Waals surface area (Å²) in [5.41, 5.74) is 2.51. The average Bonchev–Trinajstić information content (AvgIpc) is 3.14. The fourth-order valence-corrected chi connectivity index (χ4v) is 3.95. The van der Waals surface area contributed by atoms with Gasteiger partial charge in [-0.15, -0.1) is 11.3 Å². The van der Waals surface area contributed by atoms with Crippen LogP contribution >= 0.6 is 11.3 Å². The molecule has 3 rings (SSSR count). The lowest BCUT2D eigenvalue weighted by atomic mass is 9.87. The van der Waals surface area contributed by atoms with Gasteiger partial charge < -0.3 is 10.6 Å². The second-order valence-electron chi connectivity index (χ2n) is 6.82. The van der Waals surface area contributed by atoms with Crippen molar-refractivity contribution < 1.29 is 9.59 Å². The van der Waals surface area contributed by atoms with Gasteiger partial charge in [0.2, 0.25) is 5.91 Å². The highest BCUT2D eigenvalue weighted by molar-refractivity contribution is 7.12. The van der Waals surface area contributed by atoms with Crippen molar-refractivity contribution in [2.45, 2.75) is 45.2 Å². The quantitative estimate of drug-likeness (QED) is 0.858. The lowest BCUT2D eigenvalue weighted by Gasteiger charge is -2.29. The third-order valence-corrected chi connectivity index (χ3v) is 5.54. The topological polar surface area (TPSA) is 58.2 Å². The molecular weight excluding hydrogens is 332 g/mol. The highest BCUT2D eigenvalue weighted by Crippen LogP contribution is 2.29. The van der Waals surface area contributed by atoms with Crippen LogP contribution in [0.1, 0.15) is 53.5 Å². The molecule has 0 bridgehead atoms. The molecule has 0 fully saturated rings. The van der Waals surface area contributed by atoms with E-state index in [9.17, 15) is 9.59 Å². The van der Waals surface area contributed by atoms with E-state index in [1.807, 2.05) is 37.4 Å². The summed E-state index contributed by atoms with van der Waals surface area (Å²) < 4.78 is 0. The maximum Gasteiger partial charge on any atom is 0.262 e. The first-order chi connectivity index (χ1) is 12.1. The zero-order valence-electron chi connectivity index (χ0n) is 14.6. The van der Waals surface area contributed by atoms with E-state index in [-0.39, 0.29) is 23.8 Å². The number of carbonyl (C=O) groups is 2. The van der Waals surface area contributed by atoms with Gasteiger partial charge in [0.25, 0.3) is 5.91 Å². The summed E-state index contributed by atoms with van der Waals surface area (Å²) in [5, 5.41) is 7.91. The minimum atomic E-state index is -0.538. The van der Waals surface area contributed by atoms with Crippen LogP contribution in [-0.2, 0) is 11.2 Å². The summed E-state index contributed by atoms with van der Waals surface area (Å²) in [6.45, 7) is 3.90. The molecule has 2 amide bonds. The third-order valence-electron chi connectivity index (χ3n) is 4.67. The van der Waals surface area contributed by atoms with Crippen molar-refractivity contribution in [1.29, 1.82) is 0 Å². The zero-order valence-corrected chi connectivity index (χ0v) is 15.4. The smallest absolute Gasteiger partial charge is 0.262 e. The summed E-state index contributed by atoms with van der Waals surface area (Å²) in [5.74, 6) is -0.280. The molecule has 132 valence electrons. The standard InChI is InChI=1S/C20H24N2O2S/c1-13(2)18(22-19(23)17-11-6-12-25-17)20(24)21-16-10-5-8-14-7-3-4-9-15(14)16/h3-4,6-7,9,11-13,16,18H,5,8,10H2,1-2H3,(H,21,24)(H,22,23)/t16-,18+/m1/s1. The van der Waals surface area contributed by atoms with Crippen LogP contribution < -0.4 is 10.6 Å². The molecule has 0 unspecified atom stereocenters. The Morgan fingerprint density at radius 1 is 1.16 bits per heavy atom. The van der Waals surface area contributed by atoms with Gasteiger partial charge in [-0.25, -0.2) is 0 Å². The molecule has 0 spiro atoms. The Labute approximate surface area is 152 Å². The van der Waals surface area contributed by atoms with Crippen LogP contribution in [-0.4, -0.2) is 17.9 Å². The second kappa shape index (κ2) is 7.83. The Kier molecular flexibility index (Phi) is 5.53. The van der Waals surface area contributed by atoms with Crippen LogP contribution in [0.5, 0.6) is 0 Å². The van der Waals surface area contributed by atoms with Crippen molar-refractivity contribution in [3.05, 3.63) is 57.8 Å². The number of thiophene rings is 1. The molecule has 2 N–H and O–H groups in total. The lowest BCUT2D eigenvalue weighted by Crippen LogP contribution is -2.50. The molecule has 1 aliphatic rings. The highest BCUT2D eigenvalue weighted by atomic mass is 32.1. The van der Waals surface area contributed by atoms with E-state index in [2.05, 4.69) is 22.8 Å². The van der Waals surface area contributed by atoms with Crippen molar-refractivity contribution in [3.8, 4) is 0 Å². The van der Waals surface area contributed by atoms with E-state index >= 15 is 0 Å². The van der Waals surface area contributed by atoms with Gasteiger partial charge in [-0.05, 0) is 47.8 Å². The predicted molar refractivity (Wildman–Crippen MR) is 101 cm³/mol. The molecule has 1 heterocycles. The van der Waals surface area contributed by atoms with Gasteiger partial charge in [-0.1, -0.05) is 44.2 Å². The maximum absolute atomic E-state index is 12.8. The minimum absolute atomic E-state index is 0.0164. The van der Waals surface area contributed by atoms with Gasteiger partial charge in [0, 0.05) is 0 Å². The number of fused-ring (bicyclic) bond motifs is 1. The average molecular weight is 356 g/mol. The van der Waals surface area contributed by atoms with Gasteiger partial charge in [0.15, 0.2) is 0 Å². The molecule has 2 aromatic rings. The molecule has 0 saturated heterocycles. The van der Waals surface area contributed by atoms with E-state index < -0.39 is 6.04 Å². The molecule has 1 aromatic heterocycles. The molecular formula is C20H24N2O2S. The van der Waals surface area contributed by atoms with Crippen LogP contribution in [0.25, 0.3) is 0 Å². The highest BCUT2D eigenvalue weighted by Gasteiger charge is 2.28. The van der Waals surface area contributed by atoms with Gasteiger partial charge in [-0.2, -0.15) is 0 Å². The van der Waals surface area contributed by atoms with Crippen LogP contribution in [0.4, 0.5) is 0 Å². The van der Waals surface area contributed by atoms with E-state index in [0.29, 0.717) is 4.88 Å². The Balaban J connectivity index is 1.71. The minimum Gasteiger partial charge on any atom is -0.347 e. The number of aryl methyl sites for hydroxylation is 1. The summed E-state index contributed by atoms with van der Waals surface area (Å²) >= 11 is 1.38. The van der Waals surface area contributed by atoms with E-state index in [4.69, 9.17) is 0 Å². The SMILES string of the molecule is CC(C)[C@H](NC(=O)c1cccs1)C(=O)N[C@@H]1CCCc2ccccc21. The summed E-state index contributed by atoms with van der Waals surface area (Å²) in [7, 11) is 0. The number of amides is 2. The van der Waals surface area contributed by atoms with Crippen LogP contribution in [0.3, 0.4) is 0 Å². The first kappa shape index (κ1) is 17.7. The van der Waals surface area contributed by atoms with Crippen LogP contribution in [0.2, 0.25) is 0 Å². The molecule has 25 heavy (non-hydrogen) atoms.